The molecular formula is C8H16Cl2SiZr. The Morgan fingerprint density at radius 3 is 1.83 bits per heavy atom. The van der Waals surface area contributed by atoms with Gasteiger partial charge in [0, 0.05) is 26.2 Å². The number of halogens is 2. The molecule has 1 aliphatic carbocycles. The van der Waals surface area contributed by atoms with E-state index in [2.05, 4.69) is 37.9 Å². The first-order chi connectivity index (χ1) is 4.11. The third-order valence-electron chi connectivity index (χ3n) is 1.64. The van der Waals surface area contributed by atoms with Crippen molar-refractivity contribution in [1.82, 2.24) is 0 Å². The van der Waals surface area contributed by atoms with Crippen molar-refractivity contribution in [2.75, 3.05) is 0 Å². The average Bonchev–Trinajstić information content (AvgIpc) is 2.08. The van der Waals surface area contributed by atoms with Gasteiger partial charge in [0.15, 0.2) is 0 Å². The van der Waals surface area contributed by atoms with Crippen molar-refractivity contribution in [3.05, 3.63) is 23.4 Å². The van der Waals surface area contributed by atoms with E-state index in [9.17, 15) is 0 Å². The fraction of sp³-hybridized carbons (Fsp3) is 0.500. The van der Waals surface area contributed by atoms with Crippen molar-refractivity contribution in [2.24, 2.45) is 0 Å². The van der Waals surface area contributed by atoms with Gasteiger partial charge in [0.25, 0.3) is 0 Å². The Bertz CT molecular complexity index is 170. The summed E-state index contributed by atoms with van der Waals surface area (Å²) >= 11 is 0. The summed E-state index contributed by atoms with van der Waals surface area (Å²) < 4.78 is 0. The smallest absolute Gasteiger partial charge is 0.0771 e. The van der Waals surface area contributed by atoms with E-state index in [4.69, 9.17) is 0 Å². The standard InChI is InChI=1S/C8H14Si.2ClH.Zr/c1-9(2,3)8-6-4-5-7-8;;;/h4,6-7H,5H2,1-3H3;2*1H;. The van der Waals surface area contributed by atoms with Gasteiger partial charge in [-0.25, -0.2) is 0 Å². The minimum atomic E-state index is -0.950. The van der Waals surface area contributed by atoms with Crippen LogP contribution in [0.15, 0.2) is 23.4 Å². The monoisotopic (exact) mass is 300 g/mol. The summed E-state index contributed by atoms with van der Waals surface area (Å²) in [6, 6.07) is 0. The first-order valence-corrected chi connectivity index (χ1v) is 6.98. The van der Waals surface area contributed by atoms with Crippen LogP contribution >= 0.6 is 24.8 Å². The van der Waals surface area contributed by atoms with E-state index in [0.717, 1.165) is 0 Å². The first kappa shape index (κ1) is 18.9. The molecule has 0 atom stereocenters. The van der Waals surface area contributed by atoms with E-state index in [1.165, 1.54) is 6.42 Å². The van der Waals surface area contributed by atoms with Gasteiger partial charge < -0.3 is 0 Å². The predicted molar refractivity (Wildman–Crippen MR) is 59.7 cm³/mol. The van der Waals surface area contributed by atoms with E-state index in [1.54, 1.807) is 5.20 Å². The van der Waals surface area contributed by atoms with Gasteiger partial charge in [-0.1, -0.05) is 43.1 Å². The summed E-state index contributed by atoms with van der Waals surface area (Å²) in [6.45, 7) is 7.15. The van der Waals surface area contributed by atoms with Crippen molar-refractivity contribution in [1.29, 1.82) is 0 Å². The number of hydrogen-bond donors (Lipinski definition) is 0. The Kier molecular flexibility index (Phi) is 11.9. The van der Waals surface area contributed by atoms with Crippen LogP contribution < -0.4 is 0 Å². The Morgan fingerprint density at radius 1 is 1.17 bits per heavy atom. The van der Waals surface area contributed by atoms with Crippen LogP contribution in [0.25, 0.3) is 0 Å². The molecule has 0 fully saturated rings. The summed E-state index contributed by atoms with van der Waals surface area (Å²) in [7, 11) is -0.950. The fourth-order valence-corrected chi connectivity index (χ4v) is 2.36. The molecule has 0 aliphatic heterocycles. The first-order valence-electron chi connectivity index (χ1n) is 3.48. The minimum Gasteiger partial charge on any atom is -0.147 e. The number of allylic oxidation sites excluding steroid dienone is 4. The summed E-state index contributed by atoms with van der Waals surface area (Å²) in [5, 5.41) is 1.61. The third kappa shape index (κ3) is 5.75. The predicted octanol–water partition coefficient (Wildman–Crippen LogP) is 3.59. The maximum atomic E-state index is 2.38. The molecule has 0 heterocycles. The fourth-order valence-electron chi connectivity index (χ4n) is 1.01. The van der Waals surface area contributed by atoms with Crippen LogP contribution in [0, 0.1) is 0 Å². The van der Waals surface area contributed by atoms with Crippen LogP contribution in [0.5, 0.6) is 0 Å². The molecule has 0 saturated heterocycles. The van der Waals surface area contributed by atoms with Crippen LogP contribution in [-0.4, -0.2) is 8.07 Å². The minimum absolute atomic E-state index is 0. The summed E-state index contributed by atoms with van der Waals surface area (Å²) in [4.78, 5) is 0. The van der Waals surface area contributed by atoms with Gasteiger partial charge in [0.05, 0.1) is 8.07 Å². The van der Waals surface area contributed by atoms with Crippen molar-refractivity contribution in [2.45, 2.75) is 26.1 Å². The third-order valence-corrected chi connectivity index (χ3v) is 3.74. The van der Waals surface area contributed by atoms with Crippen LogP contribution in [0.4, 0.5) is 0 Å². The molecule has 0 aromatic rings. The van der Waals surface area contributed by atoms with Crippen molar-refractivity contribution in [3.63, 3.8) is 0 Å². The van der Waals surface area contributed by atoms with E-state index in [-0.39, 0.29) is 51.0 Å². The van der Waals surface area contributed by atoms with Gasteiger partial charge in [-0.3, -0.25) is 0 Å². The van der Waals surface area contributed by atoms with E-state index >= 15 is 0 Å². The molecule has 4 heteroatoms. The van der Waals surface area contributed by atoms with Crippen LogP contribution in [0.2, 0.25) is 19.6 Å². The number of hydrogen-bond acceptors (Lipinski definition) is 0. The number of rotatable bonds is 1. The van der Waals surface area contributed by atoms with Gasteiger partial charge in [-0.05, 0) is 6.42 Å². The molecule has 0 unspecified atom stereocenters. The maximum absolute atomic E-state index is 2.38. The summed E-state index contributed by atoms with van der Waals surface area (Å²) in [5.41, 5.74) is 0. The second-order valence-corrected chi connectivity index (χ2v) is 8.62. The van der Waals surface area contributed by atoms with Gasteiger partial charge in [-0.2, -0.15) is 0 Å². The van der Waals surface area contributed by atoms with Crippen LogP contribution in [0.1, 0.15) is 6.42 Å². The largest absolute Gasteiger partial charge is 0.147 e. The molecule has 0 nitrogen and oxygen atoms in total. The second kappa shape index (κ2) is 7.55. The SMILES string of the molecule is C[Si](C)(C)C1=CCC=C1.Cl.Cl.[Zr]. The van der Waals surface area contributed by atoms with Gasteiger partial charge in [0.2, 0.25) is 0 Å². The molecule has 0 N–H and O–H groups in total. The Balaban J connectivity index is -0.000000270. The van der Waals surface area contributed by atoms with E-state index in [0.29, 0.717) is 0 Å². The maximum Gasteiger partial charge on any atom is 0.0771 e. The Labute approximate surface area is 108 Å². The quantitative estimate of drug-likeness (QED) is 0.649. The Hall–Kier alpha value is 1.16. The molecule has 0 amide bonds. The van der Waals surface area contributed by atoms with Gasteiger partial charge in [-0.15, -0.1) is 24.8 Å². The normalized spacial score (nSPS) is 13.8. The molecule has 0 bridgehead atoms. The van der Waals surface area contributed by atoms with Crippen LogP contribution in [0.3, 0.4) is 0 Å². The molecule has 0 saturated carbocycles. The van der Waals surface area contributed by atoms with Crippen molar-refractivity contribution < 1.29 is 26.2 Å². The van der Waals surface area contributed by atoms with Gasteiger partial charge in [0.1, 0.15) is 0 Å². The molecule has 12 heavy (non-hydrogen) atoms. The topological polar surface area (TPSA) is 0 Å². The van der Waals surface area contributed by atoms with Crippen LogP contribution in [-0.2, 0) is 26.2 Å². The summed E-state index contributed by atoms with van der Waals surface area (Å²) in [5.74, 6) is 0. The summed E-state index contributed by atoms with van der Waals surface area (Å²) in [6.07, 6.45) is 8.05. The Morgan fingerprint density at radius 2 is 1.67 bits per heavy atom. The van der Waals surface area contributed by atoms with Crippen molar-refractivity contribution in [3.8, 4) is 0 Å². The average molecular weight is 302 g/mol. The molecule has 70 valence electrons. The molecule has 0 radical (unpaired) electrons. The molecule has 0 aromatic heterocycles. The molecule has 1 rings (SSSR count). The van der Waals surface area contributed by atoms with E-state index in [1.807, 2.05) is 0 Å². The molecule has 0 aromatic carbocycles. The molecule has 1 aliphatic rings. The second-order valence-electron chi connectivity index (χ2n) is 3.55. The molecule has 0 spiro atoms. The zero-order chi connectivity index (χ0) is 6.91. The van der Waals surface area contributed by atoms with Crippen molar-refractivity contribution >= 4 is 32.9 Å². The molecular weight excluding hydrogens is 286 g/mol. The zero-order valence-electron chi connectivity index (χ0n) is 7.76. The zero-order valence-corrected chi connectivity index (χ0v) is 12.8. The van der Waals surface area contributed by atoms with Gasteiger partial charge >= 0.3 is 0 Å². The van der Waals surface area contributed by atoms with E-state index < -0.39 is 8.07 Å².